The highest BCUT2D eigenvalue weighted by Crippen LogP contribution is 2.31. The number of hydrogen-bond donors (Lipinski definition) is 2. The minimum Gasteiger partial charge on any atom is -0.389 e. The Kier molecular flexibility index (Phi) is 5.62. The standard InChI is InChI=1S/C13H27NOS/c1-4-13(5-2,16-3)11-14-10-12(15)8-6-7-9-12/h14-15H,4-11H2,1-3H3. The van der Waals surface area contributed by atoms with Crippen LogP contribution in [0.1, 0.15) is 52.4 Å². The fraction of sp³-hybridized carbons (Fsp3) is 1.00. The summed E-state index contributed by atoms with van der Waals surface area (Å²) in [6.07, 6.45) is 8.90. The fourth-order valence-corrected chi connectivity index (χ4v) is 3.42. The minimum absolute atomic E-state index is 0.356. The van der Waals surface area contributed by atoms with Crippen LogP contribution < -0.4 is 5.32 Å². The van der Waals surface area contributed by atoms with E-state index in [0.29, 0.717) is 4.75 Å². The zero-order chi connectivity index (χ0) is 12.1. The van der Waals surface area contributed by atoms with E-state index in [2.05, 4.69) is 25.4 Å². The van der Waals surface area contributed by atoms with Crippen molar-refractivity contribution < 1.29 is 5.11 Å². The van der Waals surface area contributed by atoms with Gasteiger partial charge in [0.1, 0.15) is 0 Å². The van der Waals surface area contributed by atoms with Gasteiger partial charge in [-0.15, -0.1) is 0 Å². The predicted octanol–water partition coefficient (Wildman–Crippen LogP) is 2.80. The van der Waals surface area contributed by atoms with E-state index in [1.807, 2.05) is 11.8 Å². The molecule has 2 N–H and O–H groups in total. The smallest absolute Gasteiger partial charge is 0.0771 e. The summed E-state index contributed by atoms with van der Waals surface area (Å²) in [6, 6.07) is 0. The van der Waals surface area contributed by atoms with Crippen molar-refractivity contribution in [3.8, 4) is 0 Å². The Labute approximate surface area is 105 Å². The molecule has 2 nitrogen and oxygen atoms in total. The first-order chi connectivity index (χ1) is 7.60. The van der Waals surface area contributed by atoms with Crippen molar-refractivity contribution >= 4 is 11.8 Å². The predicted molar refractivity (Wildman–Crippen MR) is 73.1 cm³/mol. The van der Waals surface area contributed by atoms with Gasteiger partial charge in [0.25, 0.3) is 0 Å². The van der Waals surface area contributed by atoms with Gasteiger partial charge < -0.3 is 10.4 Å². The van der Waals surface area contributed by atoms with Crippen LogP contribution in [0.4, 0.5) is 0 Å². The van der Waals surface area contributed by atoms with Crippen LogP contribution >= 0.6 is 11.8 Å². The lowest BCUT2D eigenvalue weighted by molar-refractivity contribution is 0.0472. The summed E-state index contributed by atoms with van der Waals surface area (Å²) < 4.78 is 0.356. The van der Waals surface area contributed by atoms with Gasteiger partial charge in [-0.05, 0) is 31.9 Å². The molecule has 96 valence electrons. The Bertz CT molecular complexity index is 190. The second-order valence-corrected chi connectivity index (χ2v) is 6.40. The van der Waals surface area contributed by atoms with Crippen LogP contribution in [-0.4, -0.2) is 34.8 Å². The second-order valence-electron chi connectivity index (χ2n) is 5.13. The Morgan fingerprint density at radius 1 is 1.25 bits per heavy atom. The van der Waals surface area contributed by atoms with Crippen LogP contribution in [0.2, 0.25) is 0 Å². The number of thioether (sulfide) groups is 1. The quantitative estimate of drug-likeness (QED) is 0.723. The summed E-state index contributed by atoms with van der Waals surface area (Å²) in [5.74, 6) is 0. The molecule has 1 aliphatic rings. The van der Waals surface area contributed by atoms with E-state index < -0.39 is 5.60 Å². The number of nitrogens with one attached hydrogen (secondary N) is 1. The molecule has 1 aliphatic carbocycles. The van der Waals surface area contributed by atoms with Gasteiger partial charge in [0, 0.05) is 17.8 Å². The van der Waals surface area contributed by atoms with Gasteiger partial charge in [-0.25, -0.2) is 0 Å². The van der Waals surface area contributed by atoms with E-state index in [4.69, 9.17) is 0 Å². The molecule has 1 saturated carbocycles. The summed E-state index contributed by atoms with van der Waals surface area (Å²) in [5.41, 5.74) is -0.411. The Morgan fingerprint density at radius 2 is 1.81 bits per heavy atom. The highest BCUT2D eigenvalue weighted by atomic mass is 32.2. The lowest BCUT2D eigenvalue weighted by Crippen LogP contribution is -2.44. The van der Waals surface area contributed by atoms with Crippen molar-refractivity contribution in [1.82, 2.24) is 5.32 Å². The first-order valence-corrected chi connectivity index (χ1v) is 7.80. The van der Waals surface area contributed by atoms with Crippen LogP contribution in [0, 0.1) is 0 Å². The molecule has 0 aliphatic heterocycles. The zero-order valence-electron chi connectivity index (χ0n) is 11.0. The normalized spacial score (nSPS) is 20.2. The topological polar surface area (TPSA) is 32.3 Å². The van der Waals surface area contributed by atoms with Gasteiger partial charge in [-0.2, -0.15) is 11.8 Å². The third-order valence-electron chi connectivity index (χ3n) is 4.16. The van der Waals surface area contributed by atoms with E-state index >= 15 is 0 Å². The zero-order valence-corrected chi connectivity index (χ0v) is 11.8. The van der Waals surface area contributed by atoms with Gasteiger partial charge in [-0.3, -0.25) is 0 Å². The van der Waals surface area contributed by atoms with Gasteiger partial charge in [0.2, 0.25) is 0 Å². The van der Waals surface area contributed by atoms with Gasteiger partial charge >= 0.3 is 0 Å². The van der Waals surface area contributed by atoms with Crippen molar-refractivity contribution in [2.45, 2.75) is 62.7 Å². The highest BCUT2D eigenvalue weighted by molar-refractivity contribution is 8.00. The number of aliphatic hydroxyl groups is 1. The maximum atomic E-state index is 10.2. The molecule has 0 heterocycles. The molecule has 0 spiro atoms. The fourth-order valence-electron chi connectivity index (χ4n) is 2.59. The van der Waals surface area contributed by atoms with Crippen molar-refractivity contribution in [3.05, 3.63) is 0 Å². The summed E-state index contributed by atoms with van der Waals surface area (Å²) in [6.45, 7) is 6.30. The van der Waals surface area contributed by atoms with Gasteiger partial charge in [0.05, 0.1) is 5.60 Å². The van der Waals surface area contributed by atoms with Crippen LogP contribution in [0.25, 0.3) is 0 Å². The third kappa shape index (κ3) is 3.64. The largest absolute Gasteiger partial charge is 0.389 e. The van der Waals surface area contributed by atoms with Gasteiger partial charge in [-0.1, -0.05) is 26.7 Å². The average molecular weight is 245 g/mol. The van der Waals surface area contributed by atoms with Crippen LogP contribution in [0.3, 0.4) is 0 Å². The van der Waals surface area contributed by atoms with E-state index in [0.717, 1.165) is 25.9 Å². The maximum Gasteiger partial charge on any atom is 0.0771 e. The first-order valence-electron chi connectivity index (χ1n) is 6.58. The molecule has 0 amide bonds. The molecule has 16 heavy (non-hydrogen) atoms. The van der Waals surface area contributed by atoms with E-state index in [9.17, 15) is 5.11 Å². The van der Waals surface area contributed by atoms with Gasteiger partial charge in [0.15, 0.2) is 0 Å². The molecule has 0 aromatic rings. The van der Waals surface area contributed by atoms with Crippen LogP contribution in [0.5, 0.6) is 0 Å². The molecule has 3 heteroatoms. The molecule has 0 saturated heterocycles. The molecular formula is C13H27NOS. The van der Waals surface area contributed by atoms with Crippen molar-refractivity contribution in [2.75, 3.05) is 19.3 Å². The summed E-state index contributed by atoms with van der Waals surface area (Å²) in [7, 11) is 0. The summed E-state index contributed by atoms with van der Waals surface area (Å²) in [4.78, 5) is 0. The molecule has 1 fully saturated rings. The SMILES string of the molecule is CCC(CC)(CNCC1(O)CCCC1)SC. The van der Waals surface area contributed by atoms with E-state index in [-0.39, 0.29) is 0 Å². The Morgan fingerprint density at radius 3 is 2.25 bits per heavy atom. The molecule has 0 unspecified atom stereocenters. The second kappa shape index (κ2) is 6.27. The highest BCUT2D eigenvalue weighted by Gasteiger charge is 2.32. The van der Waals surface area contributed by atoms with E-state index in [1.165, 1.54) is 25.7 Å². The average Bonchev–Trinajstić information content (AvgIpc) is 2.73. The molecule has 1 rings (SSSR count). The minimum atomic E-state index is -0.411. The van der Waals surface area contributed by atoms with Crippen LogP contribution in [-0.2, 0) is 0 Å². The monoisotopic (exact) mass is 245 g/mol. The van der Waals surface area contributed by atoms with Crippen molar-refractivity contribution in [1.29, 1.82) is 0 Å². The summed E-state index contributed by atoms with van der Waals surface area (Å²) >= 11 is 1.95. The Balaban J connectivity index is 2.32. The molecule has 0 atom stereocenters. The molecule has 0 aromatic heterocycles. The molecule has 0 aromatic carbocycles. The van der Waals surface area contributed by atoms with E-state index in [1.54, 1.807) is 0 Å². The van der Waals surface area contributed by atoms with Crippen molar-refractivity contribution in [3.63, 3.8) is 0 Å². The lowest BCUT2D eigenvalue weighted by atomic mass is 10.00. The maximum absolute atomic E-state index is 10.2. The Hall–Kier alpha value is 0.270. The molecular weight excluding hydrogens is 218 g/mol. The summed E-state index contributed by atoms with van der Waals surface area (Å²) in [5, 5.41) is 13.7. The number of rotatable bonds is 7. The third-order valence-corrected chi connectivity index (χ3v) is 5.74. The molecule has 0 radical (unpaired) electrons. The van der Waals surface area contributed by atoms with Crippen LogP contribution in [0.15, 0.2) is 0 Å². The lowest BCUT2D eigenvalue weighted by Gasteiger charge is -2.32. The number of hydrogen-bond acceptors (Lipinski definition) is 3. The first kappa shape index (κ1) is 14.3. The van der Waals surface area contributed by atoms with Crippen molar-refractivity contribution in [2.24, 2.45) is 0 Å². The molecule has 0 bridgehead atoms.